The van der Waals surface area contributed by atoms with Gasteiger partial charge in [0.1, 0.15) is 19.3 Å². The van der Waals surface area contributed by atoms with Crippen molar-refractivity contribution in [1.82, 2.24) is 0 Å². The lowest BCUT2D eigenvalue weighted by atomic mass is 10.00. The Morgan fingerprint density at radius 2 is 0.480 bits per heavy atom. The number of esters is 4. The van der Waals surface area contributed by atoms with Crippen LogP contribution < -0.4 is 0 Å². The van der Waals surface area contributed by atoms with E-state index in [0.717, 1.165) is 120 Å². The van der Waals surface area contributed by atoms with Gasteiger partial charge in [0.2, 0.25) is 0 Å². The van der Waals surface area contributed by atoms with E-state index in [-0.39, 0.29) is 25.7 Å². The molecular formula is C81H158O17P2. The fourth-order valence-electron chi connectivity index (χ4n) is 12.4. The molecule has 0 fully saturated rings. The second kappa shape index (κ2) is 70.1. The first-order valence-corrected chi connectivity index (χ1v) is 44.7. The van der Waals surface area contributed by atoms with Crippen LogP contribution in [0, 0.1) is 23.7 Å². The Balaban J connectivity index is 5.25. The number of phosphoric acid groups is 2. The molecule has 594 valence electrons. The van der Waals surface area contributed by atoms with Gasteiger partial charge in [-0.1, -0.05) is 364 Å². The Hall–Kier alpha value is -1.94. The topological polar surface area (TPSA) is 237 Å². The molecule has 0 heterocycles. The number of phosphoric ester groups is 2. The minimum absolute atomic E-state index is 0.106. The first-order valence-electron chi connectivity index (χ1n) is 41.7. The van der Waals surface area contributed by atoms with Gasteiger partial charge in [0.25, 0.3) is 0 Å². The number of rotatable bonds is 78. The summed E-state index contributed by atoms with van der Waals surface area (Å²) >= 11 is 0. The fraction of sp³-hybridized carbons (Fsp3) is 0.951. The smallest absolute Gasteiger partial charge is 0.462 e. The van der Waals surface area contributed by atoms with E-state index < -0.39 is 97.5 Å². The monoisotopic (exact) mass is 1470 g/mol. The largest absolute Gasteiger partial charge is 0.472 e. The molecule has 0 aromatic rings. The Labute approximate surface area is 613 Å². The number of hydrogen-bond donors (Lipinski definition) is 3. The van der Waals surface area contributed by atoms with Crippen LogP contribution in [-0.4, -0.2) is 96.7 Å². The van der Waals surface area contributed by atoms with Crippen LogP contribution in [0.5, 0.6) is 0 Å². The molecule has 0 amide bonds. The normalized spacial score (nSPS) is 14.3. The van der Waals surface area contributed by atoms with E-state index in [4.69, 9.17) is 37.0 Å². The van der Waals surface area contributed by atoms with Gasteiger partial charge in [-0.2, -0.15) is 0 Å². The molecule has 0 aliphatic carbocycles. The summed E-state index contributed by atoms with van der Waals surface area (Å²) < 4.78 is 68.7. The molecule has 0 aliphatic heterocycles. The zero-order valence-corrected chi connectivity index (χ0v) is 67.6. The number of aliphatic hydroxyl groups is 1. The number of carbonyl (C=O) groups excluding carboxylic acids is 4. The third kappa shape index (κ3) is 73.0. The van der Waals surface area contributed by atoms with Crippen molar-refractivity contribution in [2.24, 2.45) is 23.7 Å². The van der Waals surface area contributed by atoms with Crippen LogP contribution in [0.1, 0.15) is 415 Å². The standard InChI is InChI=1S/C81H158O17P2/c1-9-74(8)60-52-44-39-40-46-54-62-79(84)92-68-77(98-81(86)64-56-48-38-32-26-18-14-13-16-22-28-34-42-50-58-72(4)5)70-96-100(89,90)94-66-75(82)65-93-99(87,88)95-69-76(67-91-78(83)61-53-45-36-30-24-20-19-23-29-35-43-51-59-73(6)7)97-80(85)63-55-47-37-31-25-17-12-10-11-15-21-27-33-41-49-57-71(2)3/h71-77,82H,9-70H2,1-8H3,(H,87,88)(H,89,90)/t74?,75-,76-,77-/m1/s1. The van der Waals surface area contributed by atoms with E-state index in [9.17, 15) is 43.2 Å². The summed E-state index contributed by atoms with van der Waals surface area (Å²) in [6.45, 7) is 14.3. The number of ether oxygens (including phenoxy) is 4. The van der Waals surface area contributed by atoms with Crippen LogP contribution in [0.3, 0.4) is 0 Å². The molecule has 0 aliphatic rings. The maximum Gasteiger partial charge on any atom is 0.472 e. The molecule has 0 spiro atoms. The molecule has 0 rings (SSSR count). The summed E-state index contributed by atoms with van der Waals surface area (Å²) in [6, 6.07) is 0. The molecular weight excluding hydrogens is 1310 g/mol. The lowest BCUT2D eigenvalue weighted by Crippen LogP contribution is -2.30. The molecule has 0 aromatic carbocycles. The molecule has 0 saturated carbocycles. The number of hydrogen-bond acceptors (Lipinski definition) is 15. The van der Waals surface area contributed by atoms with Crippen molar-refractivity contribution < 1.29 is 80.2 Å². The van der Waals surface area contributed by atoms with Crippen molar-refractivity contribution in [2.75, 3.05) is 39.6 Å². The van der Waals surface area contributed by atoms with Crippen LogP contribution >= 0.6 is 15.6 Å². The fourth-order valence-corrected chi connectivity index (χ4v) is 14.0. The lowest BCUT2D eigenvalue weighted by Gasteiger charge is -2.21. The Morgan fingerprint density at radius 1 is 0.280 bits per heavy atom. The summed E-state index contributed by atoms with van der Waals surface area (Å²) in [7, 11) is -9.92. The molecule has 3 N–H and O–H groups in total. The van der Waals surface area contributed by atoms with Gasteiger partial charge in [-0.3, -0.25) is 37.3 Å². The summed E-state index contributed by atoms with van der Waals surface area (Å²) in [6.07, 6.45) is 56.9. The minimum Gasteiger partial charge on any atom is -0.462 e. The molecule has 0 bridgehead atoms. The molecule has 3 unspecified atom stereocenters. The molecule has 6 atom stereocenters. The van der Waals surface area contributed by atoms with Crippen molar-refractivity contribution in [1.29, 1.82) is 0 Å². The highest BCUT2D eigenvalue weighted by Crippen LogP contribution is 2.45. The Kier molecular flexibility index (Phi) is 68.7. The van der Waals surface area contributed by atoms with Gasteiger partial charge >= 0.3 is 39.5 Å². The number of carbonyl (C=O) groups is 4. The quantitative estimate of drug-likeness (QED) is 0.0222. The highest BCUT2D eigenvalue weighted by atomic mass is 31.2. The lowest BCUT2D eigenvalue weighted by molar-refractivity contribution is -0.161. The maximum atomic E-state index is 13.1. The summed E-state index contributed by atoms with van der Waals surface area (Å²) in [4.78, 5) is 73.0. The van der Waals surface area contributed by atoms with E-state index in [2.05, 4.69) is 55.4 Å². The van der Waals surface area contributed by atoms with Crippen molar-refractivity contribution in [3.05, 3.63) is 0 Å². The van der Waals surface area contributed by atoms with Crippen LogP contribution in [0.2, 0.25) is 0 Å². The van der Waals surface area contributed by atoms with Crippen molar-refractivity contribution in [2.45, 2.75) is 433 Å². The Bertz CT molecular complexity index is 1960. The zero-order valence-electron chi connectivity index (χ0n) is 65.8. The first-order chi connectivity index (χ1) is 48.1. The van der Waals surface area contributed by atoms with Crippen LogP contribution in [-0.2, 0) is 65.4 Å². The van der Waals surface area contributed by atoms with Gasteiger partial charge in [-0.15, -0.1) is 0 Å². The zero-order chi connectivity index (χ0) is 73.8. The van der Waals surface area contributed by atoms with Gasteiger partial charge in [0.15, 0.2) is 12.2 Å². The molecule has 19 heteroatoms. The average Bonchev–Trinajstić information content (AvgIpc) is 0.928. The first kappa shape index (κ1) is 98.1. The number of aliphatic hydroxyl groups excluding tert-OH is 1. The van der Waals surface area contributed by atoms with E-state index in [0.29, 0.717) is 25.7 Å². The van der Waals surface area contributed by atoms with Crippen LogP contribution in [0.15, 0.2) is 0 Å². The highest BCUT2D eigenvalue weighted by molar-refractivity contribution is 7.47. The van der Waals surface area contributed by atoms with Gasteiger partial charge in [0.05, 0.1) is 26.4 Å². The van der Waals surface area contributed by atoms with Crippen molar-refractivity contribution in [3.63, 3.8) is 0 Å². The summed E-state index contributed by atoms with van der Waals surface area (Å²) in [5, 5.41) is 10.6. The second-order valence-electron chi connectivity index (χ2n) is 30.8. The van der Waals surface area contributed by atoms with Crippen LogP contribution in [0.4, 0.5) is 0 Å². The molecule has 0 saturated heterocycles. The van der Waals surface area contributed by atoms with Crippen LogP contribution in [0.25, 0.3) is 0 Å². The third-order valence-corrected chi connectivity index (χ3v) is 21.1. The van der Waals surface area contributed by atoms with Gasteiger partial charge < -0.3 is 33.8 Å². The van der Waals surface area contributed by atoms with E-state index in [1.807, 2.05) is 0 Å². The van der Waals surface area contributed by atoms with Gasteiger partial charge in [-0.25, -0.2) is 9.13 Å². The number of unbranched alkanes of at least 4 members (excludes halogenated alkanes) is 43. The predicted molar refractivity (Wildman–Crippen MR) is 409 cm³/mol. The third-order valence-electron chi connectivity index (χ3n) is 19.2. The molecule has 100 heavy (non-hydrogen) atoms. The molecule has 17 nitrogen and oxygen atoms in total. The summed E-state index contributed by atoms with van der Waals surface area (Å²) in [5.41, 5.74) is 0. The van der Waals surface area contributed by atoms with Gasteiger partial charge in [-0.05, 0) is 49.4 Å². The van der Waals surface area contributed by atoms with E-state index in [1.165, 1.54) is 212 Å². The second-order valence-corrected chi connectivity index (χ2v) is 33.7. The van der Waals surface area contributed by atoms with Gasteiger partial charge in [0, 0.05) is 25.7 Å². The van der Waals surface area contributed by atoms with Crippen molar-refractivity contribution in [3.8, 4) is 0 Å². The highest BCUT2D eigenvalue weighted by Gasteiger charge is 2.30. The van der Waals surface area contributed by atoms with E-state index in [1.54, 1.807) is 0 Å². The minimum atomic E-state index is -4.96. The van der Waals surface area contributed by atoms with Crippen molar-refractivity contribution >= 4 is 39.5 Å². The maximum absolute atomic E-state index is 13.1. The summed E-state index contributed by atoms with van der Waals surface area (Å²) in [5.74, 6) is 0.996. The predicted octanol–water partition coefficient (Wildman–Crippen LogP) is 24.0. The Morgan fingerprint density at radius 3 is 0.710 bits per heavy atom. The van der Waals surface area contributed by atoms with E-state index >= 15 is 0 Å². The molecule has 0 aromatic heterocycles. The SMILES string of the molecule is CCC(C)CCCCCCCCC(=O)OC[C@H](COP(=O)(O)OC[C@H](O)COP(=O)(O)OC[C@@H](COC(=O)CCCCCCCCCCCCCCC(C)C)OC(=O)CCCCCCCCCCCCCCCCCC(C)C)OC(=O)CCCCCCCCCCCCCCCCC(C)C. The average molecular weight is 1470 g/mol. The molecule has 0 radical (unpaired) electrons.